The molecule has 24 heteroatoms. The minimum Gasteiger partial charge on any atom is -0.481 e. The van der Waals surface area contributed by atoms with E-state index in [9.17, 15) is 47.7 Å². The Morgan fingerprint density at radius 3 is 1.63 bits per heavy atom. The highest BCUT2D eigenvalue weighted by Crippen LogP contribution is 2.30. The van der Waals surface area contributed by atoms with Crippen LogP contribution in [-0.2, 0) is 42.9 Å². The minimum atomic E-state index is -3.62. The van der Waals surface area contributed by atoms with Crippen LogP contribution in [0.25, 0.3) is 0 Å². The topological polar surface area (TPSA) is 310 Å². The van der Waals surface area contributed by atoms with Gasteiger partial charge in [-0.2, -0.15) is 8.42 Å². The standard InChI is InChI=1S/C27H39N5O7.C19H26N4O7S/c1-3-38-23(33)15-27(37)9-12-31(13-10-27)16-21-17-32(26(36)39-21)20-6-4-18(5-7-20)24(28)29-22-14-19(25(34)35)8-11-30(22)2;1-22-8-7-13(18(24)25)9-16(22)21-17(20)12-3-5-14(6-4-12)23-10-15(30-19(23)26)11-29-31(2,27)28/h4-7,19,21-22,37H,3,8-17H2,1-2H3,(H2,28,29)(H,34,35);3-6,13,15-16H,7-11H2,1-2H3,(H2,20,21)(H,24,25). The summed E-state index contributed by atoms with van der Waals surface area (Å²) in [6.07, 6.45) is 1.14. The molecule has 5 fully saturated rings. The van der Waals surface area contributed by atoms with Crippen molar-refractivity contribution in [3.05, 3.63) is 59.7 Å². The first-order valence-electron chi connectivity index (χ1n) is 23.2. The first kappa shape index (κ1) is 53.4. The lowest BCUT2D eigenvalue weighted by Crippen LogP contribution is -2.48. The highest BCUT2D eigenvalue weighted by molar-refractivity contribution is 7.86. The molecule has 7 N–H and O–H groups in total. The molecule has 70 heavy (non-hydrogen) atoms. The highest BCUT2D eigenvalue weighted by atomic mass is 32.2. The summed E-state index contributed by atoms with van der Waals surface area (Å²) in [6.45, 7) is 5.34. The van der Waals surface area contributed by atoms with Crippen molar-refractivity contribution in [3.8, 4) is 0 Å². The fourth-order valence-corrected chi connectivity index (χ4v) is 9.31. The number of carbonyl (C=O) groups excluding carboxylic acids is 3. The maximum absolute atomic E-state index is 12.6. The number of amidine groups is 2. The van der Waals surface area contributed by atoms with Crippen LogP contribution in [0.1, 0.15) is 63.0 Å². The number of carboxylic acid groups (broad SMARTS) is 2. The first-order valence-corrected chi connectivity index (χ1v) is 25.1. The molecule has 0 saturated carbocycles. The molecule has 0 bridgehead atoms. The van der Waals surface area contributed by atoms with Crippen molar-refractivity contribution < 1.29 is 66.1 Å². The number of hydrogen-bond donors (Lipinski definition) is 5. The third-order valence-electron chi connectivity index (χ3n) is 13.1. The summed E-state index contributed by atoms with van der Waals surface area (Å²) in [5.41, 5.74) is 13.9. The number of nitrogens with two attached hydrogens (primary N) is 2. The van der Waals surface area contributed by atoms with E-state index in [2.05, 4.69) is 14.9 Å². The van der Waals surface area contributed by atoms with Gasteiger partial charge >= 0.3 is 30.1 Å². The Morgan fingerprint density at radius 1 is 0.757 bits per heavy atom. The van der Waals surface area contributed by atoms with Gasteiger partial charge < -0.3 is 41.0 Å². The van der Waals surface area contributed by atoms with Crippen molar-refractivity contribution in [3.63, 3.8) is 0 Å². The van der Waals surface area contributed by atoms with E-state index in [0.717, 1.165) is 6.26 Å². The number of ether oxygens (including phenoxy) is 3. The zero-order valence-corrected chi connectivity index (χ0v) is 40.7. The summed E-state index contributed by atoms with van der Waals surface area (Å²) in [6, 6.07) is 14.0. The van der Waals surface area contributed by atoms with Crippen molar-refractivity contribution in [1.29, 1.82) is 0 Å². The van der Waals surface area contributed by atoms with E-state index in [4.69, 9.17) is 29.9 Å². The first-order chi connectivity index (χ1) is 33.1. The van der Waals surface area contributed by atoms with E-state index in [1.165, 1.54) is 4.90 Å². The summed E-state index contributed by atoms with van der Waals surface area (Å²) >= 11 is 0. The molecule has 5 saturated heterocycles. The van der Waals surface area contributed by atoms with Gasteiger partial charge in [0.05, 0.1) is 49.8 Å². The van der Waals surface area contributed by atoms with E-state index >= 15 is 0 Å². The number of hydrogen-bond acceptors (Lipinski definition) is 17. The highest BCUT2D eigenvalue weighted by Gasteiger charge is 2.39. The largest absolute Gasteiger partial charge is 0.481 e. The maximum atomic E-state index is 12.6. The van der Waals surface area contributed by atoms with Crippen molar-refractivity contribution in [2.24, 2.45) is 33.3 Å². The second-order valence-corrected chi connectivity index (χ2v) is 20.0. The second kappa shape index (κ2) is 23.3. The molecular formula is C46H65N9O14S. The van der Waals surface area contributed by atoms with E-state index in [1.54, 1.807) is 60.4 Å². The van der Waals surface area contributed by atoms with Crippen LogP contribution >= 0.6 is 0 Å². The zero-order chi connectivity index (χ0) is 50.9. The van der Waals surface area contributed by atoms with Crippen LogP contribution in [0.5, 0.6) is 0 Å². The van der Waals surface area contributed by atoms with Crippen LogP contribution < -0.4 is 21.3 Å². The molecular weight excluding hydrogens is 935 g/mol. The van der Waals surface area contributed by atoms with Crippen molar-refractivity contribution >= 4 is 63.3 Å². The van der Waals surface area contributed by atoms with Gasteiger partial charge in [0.1, 0.15) is 42.8 Å². The molecule has 6 unspecified atom stereocenters. The molecule has 0 aromatic heterocycles. The minimum absolute atomic E-state index is 0.00764. The molecule has 5 heterocycles. The Hall–Kier alpha value is -5.92. The molecule has 0 radical (unpaired) electrons. The summed E-state index contributed by atoms with van der Waals surface area (Å²) < 4.78 is 42.6. The van der Waals surface area contributed by atoms with Crippen LogP contribution in [-0.4, -0.2) is 190 Å². The van der Waals surface area contributed by atoms with Gasteiger partial charge in [-0.1, -0.05) is 0 Å². The summed E-state index contributed by atoms with van der Waals surface area (Å²) in [7, 11) is 0.165. The van der Waals surface area contributed by atoms with Crippen molar-refractivity contribution in [2.75, 3.05) is 89.2 Å². The normalized spacial score (nSPS) is 26.0. The number of carboxylic acids is 2. The number of nitrogens with zero attached hydrogens (tertiary/aromatic N) is 7. The van der Waals surface area contributed by atoms with Crippen LogP contribution in [0, 0.1) is 11.8 Å². The van der Waals surface area contributed by atoms with Crippen molar-refractivity contribution in [1.82, 2.24) is 14.7 Å². The van der Waals surface area contributed by atoms with Crippen LogP contribution in [0.2, 0.25) is 0 Å². The lowest BCUT2D eigenvalue weighted by molar-refractivity contribution is -0.151. The quantitative estimate of drug-likeness (QED) is 0.0525. The smallest absolute Gasteiger partial charge is 0.414 e. The summed E-state index contributed by atoms with van der Waals surface area (Å²) in [5.74, 6) is -2.30. The Bertz CT molecular complexity index is 2360. The van der Waals surface area contributed by atoms with Crippen LogP contribution in [0.3, 0.4) is 0 Å². The Kier molecular flexibility index (Phi) is 17.8. The Balaban J connectivity index is 0.000000236. The van der Waals surface area contributed by atoms with Crippen molar-refractivity contribution in [2.45, 2.75) is 82.0 Å². The average molecular weight is 1000 g/mol. The molecule has 2 amide bonds. The fraction of sp³-hybridized carbons (Fsp3) is 0.587. The van der Waals surface area contributed by atoms with E-state index in [-0.39, 0.29) is 49.8 Å². The summed E-state index contributed by atoms with van der Waals surface area (Å²) in [4.78, 5) is 77.3. The number of benzene rings is 2. The number of piperidine rings is 3. The monoisotopic (exact) mass is 999 g/mol. The number of likely N-dealkylation sites (tertiary alicyclic amines) is 3. The molecule has 5 aliphatic heterocycles. The van der Waals surface area contributed by atoms with E-state index in [0.29, 0.717) is 113 Å². The van der Waals surface area contributed by atoms with Gasteiger partial charge in [-0.25, -0.2) is 19.6 Å². The number of rotatable bonds is 16. The molecule has 23 nitrogen and oxygen atoms in total. The average Bonchev–Trinajstić information content (AvgIpc) is 3.88. The molecule has 0 aliphatic carbocycles. The molecule has 384 valence electrons. The molecule has 6 atom stereocenters. The van der Waals surface area contributed by atoms with E-state index in [1.807, 2.05) is 23.9 Å². The lowest BCUT2D eigenvalue weighted by Gasteiger charge is -2.38. The van der Waals surface area contributed by atoms with Crippen LogP contribution in [0.15, 0.2) is 58.5 Å². The number of cyclic esters (lactones) is 2. The maximum Gasteiger partial charge on any atom is 0.414 e. The number of anilines is 2. The lowest BCUT2D eigenvalue weighted by atomic mass is 9.88. The predicted octanol–water partition coefficient (Wildman–Crippen LogP) is 1.70. The van der Waals surface area contributed by atoms with Gasteiger partial charge in [0.2, 0.25) is 0 Å². The summed E-state index contributed by atoms with van der Waals surface area (Å²) in [5, 5.41) is 29.3. The molecule has 5 aliphatic rings. The number of amides is 2. The number of aliphatic imine (C=N–C) groups is 2. The van der Waals surface area contributed by atoms with Gasteiger partial charge in [-0.15, -0.1) is 0 Å². The molecule has 2 aromatic rings. The predicted molar refractivity (Wildman–Crippen MR) is 256 cm³/mol. The third kappa shape index (κ3) is 14.6. The van der Waals surface area contributed by atoms with Gasteiger partial charge in [-0.3, -0.25) is 43.1 Å². The fourth-order valence-electron chi connectivity index (χ4n) is 8.91. The number of aliphatic carboxylic acids is 2. The molecule has 2 aromatic carbocycles. The third-order valence-corrected chi connectivity index (χ3v) is 13.7. The molecule has 0 spiro atoms. The van der Waals surface area contributed by atoms with E-state index < -0.39 is 57.8 Å². The van der Waals surface area contributed by atoms with Gasteiger partial charge in [0, 0.05) is 55.2 Å². The van der Waals surface area contributed by atoms with Crippen LogP contribution in [0.4, 0.5) is 21.0 Å². The Labute approximate surface area is 407 Å². The zero-order valence-electron chi connectivity index (χ0n) is 39.9. The van der Waals surface area contributed by atoms with Gasteiger partial charge in [-0.05, 0) is 108 Å². The SMILES string of the molecule is CCOC(=O)CC1(O)CCN(CC2CN(c3ccc(C(N)=NC4CC(C(=O)O)CCN4C)cc3)C(=O)O2)CC1.CN1CCC(C(=O)O)CC1N=C(N)c1ccc(N2CC(COS(C)(=O)=O)OC2=O)cc1. The second-order valence-electron chi connectivity index (χ2n) is 18.4. The molecule has 7 rings (SSSR count). The number of esters is 1. The Morgan fingerprint density at radius 2 is 1.20 bits per heavy atom. The number of carbonyl (C=O) groups is 5. The number of aliphatic hydroxyl groups is 1. The van der Waals surface area contributed by atoms with Gasteiger partial charge in [0.15, 0.2) is 0 Å². The van der Waals surface area contributed by atoms with Gasteiger partial charge in [0.25, 0.3) is 10.1 Å².